The molecule has 2 aromatic rings. The van der Waals surface area contributed by atoms with Crippen molar-refractivity contribution in [2.24, 2.45) is 7.05 Å². The summed E-state index contributed by atoms with van der Waals surface area (Å²) in [6, 6.07) is 4.14. The molecule has 2 N–H and O–H groups in total. The van der Waals surface area contributed by atoms with Gasteiger partial charge in [0.2, 0.25) is 0 Å². The number of thiophene rings is 1. The van der Waals surface area contributed by atoms with E-state index in [9.17, 15) is 5.11 Å². The van der Waals surface area contributed by atoms with E-state index in [0.717, 1.165) is 30.2 Å². The number of aliphatic hydroxyl groups is 1. The molecular weight excluding hydrogens is 290 g/mol. The second kappa shape index (κ2) is 5.89. The van der Waals surface area contributed by atoms with Gasteiger partial charge >= 0.3 is 0 Å². The molecule has 1 unspecified atom stereocenters. The molecule has 2 aromatic heterocycles. The van der Waals surface area contributed by atoms with Gasteiger partial charge in [0, 0.05) is 37.7 Å². The Morgan fingerprint density at radius 3 is 3.15 bits per heavy atom. The molecule has 20 heavy (non-hydrogen) atoms. The van der Waals surface area contributed by atoms with E-state index in [-0.39, 0.29) is 0 Å². The third-order valence-corrected chi connectivity index (χ3v) is 5.62. The summed E-state index contributed by atoms with van der Waals surface area (Å²) < 4.78 is 1.85. The van der Waals surface area contributed by atoms with Crippen molar-refractivity contribution in [3.8, 4) is 10.6 Å². The number of nitrogens with zero attached hydrogens (tertiary/aromatic N) is 2. The lowest BCUT2D eigenvalue weighted by atomic mass is 10.0. The zero-order valence-corrected chi connectivity index (χ0v) is 13.1. The minimum atomic E-state index is -0.532. The molecule has 0 radical (unpaired) electrons. The molecule has 108 valence electrons. The molecule has 0 bridgehead atoms. The Hall–Kier alpha value is -0.820. The Bertz CT molecular complexity index is 559. The summed E-state index contributed by atoms with van der Waals surface area (Å²) in [6.07, 6.45) is 2.94. The molecule has 3 heterocycles. The molecule has 1 fully saturated rings. The van der Waals surface area contributed by atoms with Gasteiger partial charge in [0.05, 0.1) is 10.5 Å². The molecule has 1 saturated heterocycles. The monoisotopic (exact) mass is 309 g/mol. The predicted octanol–water partition coefficient (Wildman–Crippen LogP) is 2.11. The maximum Gasteiger partial charge on any atom is 0.107 e. The van der Waals surface area contributed by atoms with Crippen molar-refractivity contribution in [3.05, 3.63) is 29.3 Å². The maximum atomic E-state index is 10.3. The fourth-order valence-corrected chi connectivity index (χ4v) is 4.49. The van der Waals surface area contributed by atoms with Crippen molar-refractivity contribution in [2.45, 2.75) is 18.6 Å². The van der Waals surface area contributed by atoms with Crippen LogP contribution in [0.15, 0.2) is 23.7 Å². The largest absolute Gasteiger partial charge is 0.388 e. The summed E-state index contributed by atoms with van der Waals surface area (Å²) in [7, 11) is 1.95. The molecule has 0 aromatic carbocycles. The number of thioether (sulfide) groups is 1. The van der Waals surface area contributed by atoms with Gasteiger partial charge < -0.3 is 10.4 Å². The Labute approximate surface area is 127 Å². The highest BCUT2D eigenvalue weighted by Crippen LogP contribution is 2.28. The van der Waals surface area contributed by atoms with Gasteiger partial charge in [-0.25, -0.2) is 0 Å². The van der Waals surface area contributed by atoms with Crippen molar-refractivity contribution in [1.29, 1.82) is 0 Å². The molecule has 1 aliphatic heterocycles. The van der Waals surface area contributed by atoms with Crippen LogP contribution in [-0.2, 0) is 13.6 Å². The molecular formula is C14H19N3OS2. The first-order valence-electron chi connectivity index (χ1n) is 6.74. The van der Waals surface area contributed by atoms with Crippen LogP contribution in [0.1, 0.15) is 12.0 Å². The fourth-order valence-electron chi connectivity index (χ4n) is 2.45. The molecule has 0 aliphatic carbocycles. The van der Waals surface area contributed by atoms with Crippen LogP contribution in [0.25, 0.3) is 10.6 Å². The second-order valence-electron chi connectivity index (χ2n) is 5.28. The lowest BCUT2D eigenvalue weighted by Crippen LogP contribution is -2.40. The van der Waals surface area contributed by atoms with E-state index < -0.39 is 5.60 Å². The average molecular weight is 309 g/mol. The second-order valence-corrected chi connectivity index (χ2v) is 7.34. The Balaban J connectivity index is 1.66. The normalized spacial score (nSPS) is 22.5. The van der Waals surface area contributed by atoms with Crippen LogP contribution in [0.3, 0.4) is 0 Å². The van der Waals surface area contributed by atoms with E-state index in [2.05, 4.69) is 28.1 Å². The number of hydrogen-bond acceptors (Lipinski definition) is 5. The van der Waals surface area contributed by atoms with E-state index in [1.807, 2.05) is 29.6 Å². The Kier molecular flexibility index (Phi) is 4.16. The van der Waals surface area contributed by atoms with Gasteiger partial charge in [-0.15, -0.1) is 11.3 Å². The third kappa shape index (κ3) is 3.09. The van der Waals surface area contributed by atoms with Gasteiger partial charge in [-0.1, -0.05) is 6.07 Å². The highest BCUT2D eigenvalue weighted by molar-refractivity contribution is 7.99. The van der Waals surface area contributed by atoms with E-state index >= 15 is 0 Å². The number of aryl methyl sites for hydroxylation is 1. The van der Waals surface area contributed by atoms with Gasteiger partial charge in [0.1, 0.15) is 5.69 Å². The molecule has 0 saturated carbocycles. The van der Waals surface area contributed by atoms with E-state index in [1.165, 1.54) is 10.4 Å². The average Bonchev–Trinajstić information content (AvgIpc) is 3.11. The van der Waals surface area contributed by atoms with Crippen molar-refractivity contribution < 1.29 is 5.11 Å². The van der Waals surface area contributed by atoms with Gasteiger partial charge in [0.15, 0.2) is 0 Å². The number of nitrogens with one attached hydrogen (secondary N) is 1. The molecule has 0 spiro atoms. The quantitative estimate of drug-likeness (QED) is 0.888. The summed E-state index contributed by atoms with van der Waals surface area (Å²) in [6.45, 7) is 1.40. The zero-order chi connectivity index (χ0) is 14.0. The first-order valence-corrected chi connectivity index (χ1v) is 8.77. The van der Waals surface area contributed by atoms with Crippen LogP contribution in [0.2, 0.25) is 0 Å². The first kappa shape index (κ1) is 14.1. The number of aromatic nitrogens is 2. The van der Waals surface area contributed by atoms with Gasteiger partial charge in [-0.3, -0.25) is 4.68 Å². The molecule has 1 atom stereocenters. The van der Waals surface area contributed by atoms with Crippen LogP contribution in [-0.4, -0.2) is 38.5 Å². The lowest BCUT2D eigenvalue weighted by Gasteiger charge is -2.21. The van der Waals surface area contributed by atoms with Crippen LogP contribution in [0.4, 0.5) is 0 Å². The van der Waals surface area contributed by atoms with Crippen LogP contribution in [0, 0.1) is 0 Å². The zero-order valence-electron chi connectivity index (χ0n) is 11.5. The Morgan fingerprint density at radius 2 is 2.45 bits per heavy atom. The number of rotatable bonds is 5. The molecule has 0 amide bonds. The van der Waals surface area contributed by atoms with E-state index in [1.54, 1.807) is 11.3 Å². The summed E-state index contributed by atoms with van der Waals surface area (Å²) in [5.41, 5.74) is 1.70. The fraction of sp³-hybridized carbons (Fsp3) is 0.500. The van der Waals surface area contributed by atoms with Gasteiger partial charge in [-0.05, 0) is 23.6 Å². The van der Waals surface area contributed by atoms with Crippen molar-refractivity contribution in [3.63, 3.8) is 0 Å². The standard InChI is InChI=1S/C14H19N3OS2/c1-17-8-11(13(16-17)12-3-2-5-20-12)7-15-9-14(18)4-6-19-10-14/h2-3,5,8,15,18H,4,6-7,9-10H2,1H3. The van der Waals surface area contributed by atoms with Crippen LogP contribution in [0.5, 0.6) is 0 Å². The van der Waals surface area contributed by atoms with Crippen molar-refractivity contribution >= 4 is 23.1 Å². The topological polar surface area (TPSA) is 50.1 Å². The van der Waals surface area contributed by atoms with Crippen molar-refractivity contribution in [2.75, 3.05) is 18.1 Å². The third-order valence-electron chi connectivity index (χ3n) is 3.51. The Morgan fingerprint density at radius 1 is 1.55 bits per heavy atom. The van der Waals surface area contributed by atoms with Crippen molar-refractivity contribution in [1.82, 2.24) is 15.1 Å². The van der Waals surface area contributed by atoms with Crippen LogP contribution < -0.4 is 5.32 Å². The predicted molar refractivity (Wildman–Crippen MR) is 85.1 cm³/mol. The SMILES string of the molecule is Cn1cc(CNCC2(O)CCSC2)c(-c2cccs2)n1. The molecule has 6 heteroatoms. The lowest BCUT2D eigenvalue weighted by molar-refractivity contribution is 0.0675. The highest BCUT2D eigenvalue weighted by Gasteiger charge is 2.31. The smallest absolute Gasteiger partial charge is 0.107 e. The summed E-state index contributed by atoms with van der Waals surface area (Å²) in [5, 5.41) is 20.3. The molecule has 4 nitrogen and oxygen atoms in total. The summed E-state index contributed by atoms with van der Waals surface area (Å²) >= 11 is 3.53. The van der Waals surface area contributed by atoms with Gasteiger partial charge in [0.25, 0.3) is 0 Å². The minimum absolute atomic E-state index is 0.532. The minimum Gasteiger partial charge on any atom is -0.388 e. The van der Waals surface area contributed by atoms with Gasteiger partial charge in [-0.2, -0.15) is 16.9 Å². The highest BCUT2D eigenvalue weighted by atomic mass is 32.2. The number of hydrogen-bond donors (Lipinski definition) is 2. The van der Waals surface area contributed by atoms with E-state index in [0.29, 0.717) is 6.54 Å². The van der Waals surface area contributed by atoms with Crippen LogP contribution >= 0.6 is 23.1 Å². The summed E-state index contributed by atoms with van der Waals surface area (Å²) in [5.74, 6) is 1.90. The molecule has 3 rings (SSSR count). The van der Waals surface area contributed by atoms with E-state index in [4.69, 9.17) is 0 Å². The summed E-state index contributed by atoms with van der Waals surface area (Å²) in [4.78, 5) is 1.19. The first-order chi connectivity index (χ1) is 9.66. The molecule has 1 aliphatic rings. The maximum absolute atomic E-state index is 10.3.